The van der Waals surface area contributed by atoms with Gasteiger partial charge in [0.05, 0.1) is 19.9 Å². The third-order valence-corrected chi connectivity index (χ3v) is 2.64. The minimum atomic E-state index is 0.194. The zero-order chi connectivity index (χ0) is 13.1. The van der Waals surface area contributed by atoms with E-state index < -0.39 is 0 Å². The van der Waals surface area contributed by atoms with E-state index in [1.165, 1.54) is 0 Å². The molecule has 1 aromatic heterocycles. The van der Waals surface area contributed by atoms with Gasteiger partial charge in [-0.2, -0.15) is 4.98 Å². The first kappa shape index (κ1) is 12.2. The minimum absolute atomic E-state index is 0.194. The topological polar surface area (TPSA) is 70.3 Å². The number of methoxy groups -OCH3 is 2. The Morgan fingerprint density at radius 2 is 1.83 bits per heavy atom. The molecule has 0 bridgehead atoms. The van der Waals surface area contributed by atoms with Gasteiger partial charge < -0.3 is 15.2 Å². The molecule has 5 heteroatoms. The molecule has 0 unspecified atom stereocenters. The fourth-order valence-corrected chi connectivity index (χ4v) is 1.74. The molecule has 0 atom stereocenters. The largest absolute Gasteiger partial charge is 0.497 e. The number of hydrogen-bond donors (Lipinski definition) is 1. The fourth-order valence-electron chi connectivity index (χ4n) is 1.74. The molecule has 1 aromatic carbocycles. The van der Waals surface area contributed by atoms with Crippen LogP contribution in [0.5, 0.6) is 11.6 Å². The van der Waals surface area contributed by atoms with Crippen molar-refractivity contribution < 1.29 is 9.47 Å². The van der Waals surface area contributed by atoms with Crippen molar-refractivity contribution >= 4 is 5.95 Å². The van der Waals surface area contributed by atoms with E-state index >= 15 is 0 Å². The molecular formula is C13H15N3O2. The number of aryl methyl sites for hydroxylation is 1. The number of hydrogen-bond acceptors (Lipinski definition) is 5. The summed E-state index contributed by atoms with van der Waals surface area (Å²) in [5.41, 5.74) is 8.41. The number of nitrogen functional groups attached to an aromatic ring is 1. The minimum Gasteiger partial charge on any atom is -0.497 e. The zero-order valence-corrected chi connectivity index (χ0v) is 10.6. The van der Waals surface area contributed by atoms with E-state index in [2.05, 4.69) is 9.97 Å². The molecule has 0 radical (unpaired) electrons. The second kappa shape index (κ2) is 4.91. The Morgan fingerprint density at radius 1 is 1.06 bits per heavy atom. The van der Waals surface area contributed by atoms with Gasteiger partial charge in [0.15, 0.2) is 0 Å². The van der Waals surface area contributed by atoms with Crippen molar-refractivity contribution in [2.45, 2.75) is 6.92 Å². The summed E-state index contributed by atoms with van der Waals surface area (Å²) >= 11 is 0. The van der Waals surface area contributed by atoms with Gasteiger partial charge >= 0.3 is 0 Å². The Bertz CT molecular complexity index is 570. The summed E-state index contributed by atoms with van der Waals surface area (Å²) in [5.74, 6) is 1.46. The summed E-state index contributed by atoms with van der Waals surface area (Å²) in [7, 11) is 3.19. The van der Waals surface area contributed by atoms with Gasteiger partial charge in [-0.25, -0.2) is 4.98 Å². The number of ether oxygens (including phenoxy) is 2. The lowest BCUT2D eigenvalue weighted by Crippen LogP contribution is -2.00. The van der Waals surface area contributed by atoms with E-state index in [0.717, 1.165) is 22.6 Å². The van der Waals surface area contributed by atoms with E-state index in [1.54, 1.807) is 20.3 Å². The number of aromatic nitrogens is 2. The highest BCUT2D eigenvalue weighted by Gasteiger charge is 2.08. The predicted molar refractivity (Wildman–Crippen MR) is 69.7 cm³/mol. The average Bonchev–Trinajstić information content (AvgIpc) is 2.37. The van der Waals surface area contributed by atoms with Crippen molar-refractivity contribution in [2.24, 2.45) is 0 Å². The third-order valence-electron chi connectivity index (χ3n) is 2.64. The van der Waals surface area contributed by atoms with Crippen molar-refractivity contribution in [3.8, 4) is 22.9 Å². The smallest absolute Gasteiger partial charge is 0.223 e. The van der Waals surface area contributed by atoms with Crippen LogP contribution in [0.4, 0.5) is 5.95 Å². The van der Waals surface area contributed by atoms with Crippen molar-refractivity contribution in [1.29, 1.82) is 0 Å². The van der Waals surface area contributed by atoms with Crippen LogP contribution in [0.15, 0.2) is 24.3 Å². The van der Waals surface area contributed by atoms with Gasteiger partial charge in [0.25, 0.3) is 0 Å². The quantitative estimate of drug-likeness (QED) is 0.896. The normalized spacial score (nSPS) is 10.2. The van der Waals surface area contributed by atoms with E-state index in [9.17, 15) is 0 Å². The summed E-state index contributed by atoms with van der Waals surface area (Å²) in [5, 5.41) is 0. The zero-order valence-electron chi connectivity index (χ0n) is 10.6. The molecule has 0 spiro atoms. The van der Waals surface area contributed by atoms with Crippen LogP contribution in [-0.4, -0.2) is 24.2 Å². The monoisotopic (exact) mass is 245 g/mol. The van der Waals surface area contributed by atoms with Crippen LogP contribution in [0, 0.1) is 6.92 Å². The molecule has 0 saturated heterocycles. The van der Waals surface area contributed by atoms with Gasteiger partial charge in [0.2, 0.25) is 11.8 Å². The predicted octanol–water partition coefficient (Wildman–Crippen LogP) is 2.05. The first-order chi connectivity index (χ1) is 8.63. The van der Waals surface area contributed by atoms with Crippen LogP contribution in [0.2, 0.25) is 0 Å². The van der Waals surface area contributed by atoms with Gasteiger partial charge in [-0.05, 0) is 30.7 Å². The average molecular weight is 245 g/mol. The maximum atomic E-state index is 5.65. The Hall–Kier alpha value is -2.30. The molecule has 1 heterocycles. The lowest BCUT2D eigenvalue weighted by atomic mass is 10.1. The molecule has 2 aromatic rings. The number of benzene rings is 1. The van der Waals surface area contributed by atoms with Gasteiger partial charge in [-0.15, -0.1) is 0 Å². The summed E-state index contributed by atoms with van der Waals surface area (Å²) in [6, 6.07) is 7.52. The lowest BCUT2D eigenvalue weighted by Gasteiger charge is -2.09. The number of rotatable bonds is 3. The summed E-state index contributed by atoms with van der Waals surface area (Å²) in [6.07, 6.45) is 0. The van der Waals surface area contributed by atoms with Gasteiger partial charge in [0.1, 0.15) is 5.75 Å². The molecule has 0 aliphatic heterocycles. The molecule has 0 fully saturated rings. The molecular weight excluding hydrogens is 230 g/mol. The van der Waals surface area contributed by atoms with E-state index in [0.29, 0.717) is 5.88 Å². The highest BCUT2D eigenvalue weighted by Crippen LogP contribution is 2.27. The number of anilines is 1. The Labute approximate surface area is 106 Å². The second-order valence-electron chi connectivity index (χ2n) is 3.83. The lowest BCUT2D eigenvalue weighted by molar-refractivity contribution is 0.398. The summed E-state index contributed by atoms with van der Waals surface area (Å²) < 4.78 is 10.3. The van der Waals surface area contributed by atoms with Crippen molar-refractivity contribution in [2.75, 3.05) is 20.0 Å². The van der Waals surface area contributed by atoms with Crippen LogP contribution >= 0.6 is 0 Å². The van der Waals surface area contributed by atoms with Crippen molar-refractivity contribution in [3.63, 3.8) is 0 Å². The van der Waals surface area contributed by atoms with Crippen LogP contribution in [0.1, 0.15) is 5.56 Å². The SMILES string of the molecule is COc1ccc(-c2cc(OC)nc(N)n2)c(C)c1. The van der Waals surface area contributed by atoms with Crippen molar-refractivity contribution in [3.05, 3.63) is 29.8 Å². The fraction of sp³-hybridized carbons (Fsp3) is 0.231. The first-order valence-electron chi connectivity index (χ1n) is 5.47. The van der Waals surface area contributed by atoms with Gasteiger partial charge in [-0.1, -0.05) is 0 Å². The molecule has 2 N–H and O–H groups in total. The molecule has 94 valence electrons. The standard InChI is InChI=1S/C13H15N3O2/c1-8-6-9(17-2)4-5-10(8)11-7-12(18-3)16-13(14)15-11/h4-7H,1-3H3,(H2,14,15,16). The van der Waals surface area contributed by atoms with Crippen LogP contribution in [0.3, 0.4) is 0 Å². The van der Waals surface area contributed by atoms with Gasteiger partial charge in [0, 0.05) is 11.6 Å². The van der Waals surface area contributed by atoms with E-state index in [4.69, 9.17) is 15.2 Å². The Kier molecular flexibility index (Phi) is 3.32. The molecule has 2 rings (SSSR count). The molecule has 0 amide bonds. The highest BCUT2D eigenvalue weighted by atomic mass is 16.5. The van der Waals surface area contributed by atoms with Gasteiger partial charge in [-0.3, -0.25) is 0 Å². The maximum Gasteiger partial charge on any atom is 0.223 e. The third kappa shape index (κ3) is 2.34. The molecule has 18 heavy (non-hydrogen) atoms. The molecule has 0 aliphatic carbocycles. The number of nitrogens with zero attached hydrogens (tertiary/aromatic N) is 2. The molecule has 5 nitrogen and oxygen atoms in total. The van der Waals surface area contributed by atoms with Crippen LogP contribution in [0.25, 0.3) is 11.3 Å². The van der Waals surface area contributed by atoms with E-state index in [1.807, 2.05) is 25.1 Å². The summed E-state index contributed by atoms with van der Waals surface area (Å²) in [4.78, 5) is 8.18. The van der Waals surface area contributed by atoms with Crippen molar-refractivity contribution in [1.82, 2.24) is 9.97 Å². The first-order valence-corrected chi connectivity index (χ1v) is 5.47. The Balaban J connectivity index is 2.51. The number of nitrogens with two attached hydrogens (primary N) is 1. The highest BCUT2D eigenvalue weighted by molar-refractivity contribution is 5.66. The summed E-state index contributed by atoms with van der Waals surface area (Å²) in [6.45, 7) is 1.99. The Morgan fingerprint density at radius 3 is 2.44 bits per heavy atom. The van der Waals surface area contributed by atoms with E-state index in [-0.39, 0.29) is 5.95 Å². The maximum absolute atomic E-state index is 5.65. The molecule has 0 saturated carbocycles. The van der Waals surface area contributed by atoms with Crippen LogP contribution < -0.4 is 15.2 Å². The van der Waals surface area contributed by atoms with Crippen LogP contribution in [-0.2, 0) is 0 Å². The second-order valence-corrected chi connectivity index (χ2v) is 3.83. The molecule has 0 aliphatic rings.